The summed E-state index contributed by atoms with van der Waals surface area (Å²) in [7, 11) is 1.25. The number of β-lactam (4-membered cyclic amide) rings is 1. The van der Waals surface area contributed by atoms with Crippen molar-refractivity contribution in [1.29, 1.82) is 0 Å². The van der Waals surface area contributed by atoms with E-state index in [1.54, 1.807) is 12.5 Å². The molecule has 2 unspecified atom stereocenters. The molecular formula is C24H28N10O6S2. The molecule has 0 spiro atoms. The summed E-state index contributed by atoms with van der Waals surface area (Å²) in [6.07, 6.45) is 4.37. The molecule has 3 aromatic rings. The SMILES string of the molecule is CO/N=C(\C(=O)NC1C(=O)N2C(C(=O)[O-])=C(C[n+]3cccc4c3ncn4CCCNCCO)CSC12)c1nsc(N)n1. The maximum Gasteiger partial charge on any atom is 0.349 e. The number of aliphatic hydroxyl groups is 1. The van der Waals surface area contributed by atoms with E-state index in [-0.39, 0.29) is 41.3 Å². The summed E-state index contributed by atoms with van der Waals surface area (Å²) >= 11 is 2.20. The molecule has 0 saturated carbocycles. The number of pyridine rings is 1. The second-order valence-corrected chi connectivity index (χ2v) is 11.2. The molecule has 5 N–H and O–H groups in total. The molecular weight excluding hydrogens is 588 g/mol. The zero-order chi connectivity index (χ0) is 29.8. The number of carboxylic acid groups (broad SMARTS) is 1. The smallest absolute Gasteiger partial charge is 0.349 e. The van der Waals surface area contributed by atoms with Crippen LogP contribution < -0.4 is 26.0 Å². The number of thioether (sulfide) groups is 1. The summed E-state index contributed by atoms with van der Waals surface area (Å²) < 4.78 is 7.80. The van der Waals surface area contributed by atoms with Crippen LogP contribution in [0.4, 0.5) is 5.13 Å². The number of carboxylic acids is 1. The van der Waals surface area contributed by atoms with Crippen molar-refractivity contribution in [3.63, 3.8) is 0 Å². The molecule has 0 aliphatic carbocycles. The quantitative estimate of drug-likeness (QED) is 0.0503. The van der Waals surface area contributed by atoms with E-state index in [4.69, 9.17) is 15.7 Å². The molecule has 42 heavy (non-hydrogen) atoms. The lowest BCUT2D eigenvalue weighted by atomic mass is 10.0. The minimum atomic E-state index is -1.48. The Morgan fingerprint density at radius 1 is 1.38 bits per heavy atom. The molecule has 222 valence electrons. The van der Waals surface area contributed by atoms with Crippen molar-refractivity contribution in [2.45, 2.75) is 30.9 Å². The van der Waals surface area contributed by atoms with Gasteiger partial charge in [-0.25, -0.2) is 4.57 Å². The van der Waals surface area contributed by atoms with Crippen LogP contribution in [0.1, 0.15) is 12.2 Å². The average molecular weight is 617 g/mol. The van der Waals surface area contributed by atoms with Crippen LogP contribution in [0.25, 0.3) is 11.2 Å². The molecule has 2 amide bonds. The third-order valence-corrected chi connectivity index (χ3v) is 8.51. The number of oxime groups is 1. The van der Waals surface area contributed by atoms with E-state index in [9.17, 15) is 19.5 Å². The number of aliphatic hydroxyl groups excluding tert-OH is 1. The van der Waals surface area contributed by atoms with E-state index in [0.29, 0.717) is 24.3 Å². The first-order chi connectivity index (χ1) is 20.3. The van der Waals surface area contributed by atoms with Crippen LogP contribution in [0.5, 0.6) is 0 Å². The molecule has 5 rings (SSSR count). The van der Waals surface area contributed by atoms with Crippen molar-refractivity contribution in [2.75, 3.05) is 38.3 Å². The number of amides is 2. The molecule has 0 radical (unpaired) electrons. The minimum absolute atomic E-state index is 0.0543. The van der Waals surface area contributed by atoms with E-state index in [2.05, 4.69) is 30.1 Å². The highest BCUT2D eigenvalue weighted by Crippen LogP contribution is 2.40. The van der Waals surface area contributed by atoms with Crippen molar-refractivity contribution in [2.24, 2.45) is 5.16 Å². The number of nitrogens with two attached hydrogens (primary N) is 1. The Bertz CT molecular complexity index is 1570. The molecule has 18 heteroatoms. The number of anilines is 1. The number of rotatable bonds is 13. The lowest BCUT2D eigenvalue weighted by molar-refractivity contribution is -0.664. The molecule has 2 aliphatic heterocycles. The standard InChI is InChI=1S/C24H28N10O6S2/c1-40-30-15(18-29-24(25)42-31-18)20(36)28-16-21(37)34-17(23(38)39)13(11-41-22(16)34)10-32-7-2-4-14-19(32)27-12-33(14)8-3-5-26-6-9-35/h2,4,7,12,16,22,26,35H,3,5-6,8-11H2,1H3,(H3-,25,28,29,31,36,38,39)/b30-15-. The van der Waals surface area contributed by atoms with Crippen LogP contribution in [0.3, 0.4) is 0 Å². The van der Waals surface area contributed by atoms with Crippen LogP contribution in [0.15, 0.2) is 41.1 Å². The maximum absolute atomic E-state index is 13.2. The second-order valence-electron chi connectivity index (χ2n) is 9.29. The number of carbonyl (C=O) groups is 3. The van der Waals surface area contributed by atoms with Gasteiger partial charge in [-0.2, -0.15) is 9.36 Å². The lowest BCUT2D eigenvalue weighted by Gasteiger charge is -2.50. The number of fused-ring (bicyclic) bond motifs is 2. The van der Waals surface area contributed by atoms with Crippen molar-refractivity contribution >= 4 is 63.1 Å². The number of aromatic nitrogens is 5. The Balaban J connectivity index is 1.32. The summed E-state index contributed by atoms with van der Waals surface area (Å²) in [6, 6.07) is 2.78. The molecule has 2 aliphatic rings. The van der Waals surface area contributed by atoms with Gasteiger partial charge in [-0.15, -0.1) is 11.8 Å². The van der Waals surface area contributed by atoms with Crippen LogP contribution >= 0.6 is 23.3 Å². The van der Waals surface area contributed by atoms with Crippen LogP contribution in [-0.4, -0.2) is 96.4 Å². The van der Waals surface area contributed by atoms with Crippen molar-refractivity contribution in [1.82, 2.24) is 34.4 Å². The van der Waals surface area contributed by atoms with Gasteiger partial charge in [-0.3, -0.25) is 14.5 Å². The van der Waals surface area contributed by atoms with E-state index < -0.39 is 29.2 Å². The number of imidazole rings is 1. The Labute approximate surface area is 247 Å². The molecule has 5 heterocycles. The van der Waals surface area contributed by atoms with Crippen molar-refractivity contribution < 1.29 is 34.0 Å². The monoisotopic (exact) mass is 616 g/mol. The number of aliphatic carboxylic acids is 1. The van der Waals surface area contributed by atoms with Crippen LogP contribution in [0.2, 0.25) is 0 Å². The first-order valence-corrected chi connectivity index (χ1v) is 14.7. The van der Waals surface area contributed by atoms with E-state index in [1.807, 2.05) is 21.3 Å². The van der Waals surface area contributed by atoms with Gasteiger partial charge < -0.3 is 40.8 Å². The number of hydrogen-bond acceptors (Lipinski definition) is 14. The molecule has 1 saturated heterocycles. The zero-order valence-electron chi connectivity index (χ0n) is 22.4. The fourth-order valence-corrected chi connectivity index (χ4v) is 6.55. The van der Waals surface area contributed by atoms with Gasteiger partial charge in [0.2, 0.25) is 17.9 Å². The van der Waals surface area contributed by atoms with Gasteiger partial charge in [0, 0.05) is 35.9 Å². The predicted molar refractivity (Wildman–Crippen MR) is 149 cm³/mol. The van der Waals surface area contributed by atoms with E-state index in [1.165, 1.54) is 18.9 Å². The lowest BCUT2D eigenvalue weighted by Crippen LogP contribution is -2.71. The normalized spacial score (nSPS) is 18.7. The Hall–Kier alpha value is -4.13. The summed E-state index contributed by atoms with van der Waals surface area (Å²) in [5, 5.41) is 30.1. The fraction of sp³-hybridized carbons (Fsp3) is 0.417. The Morgan fingerprint density at radius 3 is 2.93 bits per heavy atom. The molecule has 0 bridgehead atoms. The summed E-state index contributed by atoms with van der Waals surface area (Å²) in [5.74, 6) is -2.61. The highest BCUT2D eigenvalue weighted by molar-refractivity contribution is 8.00. The van der Waals surface area contributed by atoms with E-state index in [0.717, 1.165) is 34.9 Å². The molecule has 1 fully saturated rings. The van der Waals surface area contributed by atoms with Gasteiger partial charge in [0.25, 0.3) is 11.8 Å². The van der Waals surface area contributed by atoms with Gasteiger partial charge in [-0.05, 0) is 30.1 Å². The van der Waals surface area contributed by atoms with Gasteiger partial charge >= 0.3 is 5.65 Å². The topological polar surface area (TPSA) is 217 Å². The number of nitrogen functional groups attached to an aromatic ring is 1. The maximum atomic E-state index is 13.2. The third-order valence-electron chi connectivity index (χ3n) is 6.63. The van der Waals surface area contributed by atoms with Gasteiger partial charge in [0.05, 0.1) is 24.5 Å². The summed E-state index contributed by atoms with van der Waals surface area (Å²) in [5.41, 5.74) is 7.16. The average Bonchev–Trinajstić information content (AvgIpc) is 3.60. The molecule has 0 aromatic carbocycles. The fourth-order valence-electron chi connectivity index (χ4n) is 4.78. The second kappa shape index (κ2) is 12.8. The summed E-state index contributed by atoms with van der Waals surface area (Å²) in [4.78, 5) is 52.7. The number of nitrogens with zero attached hydrogens (tertiary/aromatic N) is 7. The van der Waals surface area contributed by atoms with Crippen molar-refractivity contribution in [3.05, 3.63) is 41.8 Å². The van der Waals surface area contributed by atoms with Gasteiger partial charge in [0.15, 0.2) is 5.13 Å². The van der Waals surface area contributed by atoms with Gasteiger partial charge in [-0.1, -0.05) is 5.16 Å². The zero-order valence-corrected chi connectivity index (χ0v) is 24.1. The molecule has 2 atom stereocenters. The van der Waals surface area contributed by atoms with Crippen molar-refractivity contribution in [3.8, 4) is 0 Å². The third kappa shape index (κ3) is 5.78. The van der Waals surface area contributed by atoms with E-state index >= 15 is 0 Å². The number of nitrogens with one attached hydrogen (secondary N) is 2. The number of hydrogen-bond donors (Lipinski definition) is 4. The first-order valence-electron chi connectivity index (χ1n) is 12.9. The Kier molecular flexibility index (Phi) is 8.95. The number of carbonyl (C=O) groups excluding carboxylic acids is 3. The van der Waals surface area contributed by atoms with Gasteiger partial charge in [0.1, 0.15) is 30.6 Å². The Morgan fingerprint density at radius 2 is 2.21 bits per heavy atom. The highest BCUT2D eigenvalue weighted by Gasteiger charge is 2.53. The van der Waals surface area contributed by atoms with Crippen LogP contribution in [0, 0.1) is 0 Å². The summed E-state index contributed by atoms with van der Waals surface area (Å²) in [6.45, 7) is 2.25. The minimum Gasteiger partial charge on any atom is -0.543 e. The first kappa shape index (κ1) is 29.4. The highest BCUT2D eigenvalue weighted by atomic mass is 32.2. The molecule has 16 nitrogen and oxygen atoms in total. The largest absolute Gasteiger partial charge is 0.543 e. The van der Waals surface area contributed by atoms with Crippen LogP contribution in [-0.2, 0) is 32.3 Å². The number of aryl methyl sites for hydroxylation is 1. The molecule has 3 aromatic heterocycles. The predicted octanol–water partition coefficient (Wildman–Crippen LogP) is -2.82.